The molecule has 1 saturated carbocycles. The average Bonchev–Trinajstić information content (AvgIpc) is 3.30. The lowest BCUT2D eigenvalue weighted by atomic mass is 10.1. The number of aryl methyl sites for hydroxylation is 1. The van der Waals surface area contributed by atoms with E-state index in [9.17, 15) is 8.42 Å². The summed E-state index contributed by atoms with van der Waals surface area (Å²) in [6, 6.07) is 7.92. The Kier molecular flexibility index (Phi) is 4.33. The zero-order valence-electron chi connectivity index (χ0n) is 12.6. The van der Waals surface area contributed by atoms with Crippen molar-refractivity contribution >= 4 is 10.0 Å². The molecule has 0 aromatic heterocycles. The summed E-state index contributed by atoms with van der Waals surface area (Å²) < 4.78 is 27.5. The predicted octanol–water partition coefficient (Wildman–Crippen LogP) is 2.29. The Morgan fingerprint density at radius 1 is 1.14 bits per heavy atom. The fraction of sp³-hybridized carbons (Fsp3) is 0.625. The molecular weight excluding hydrogens is 284 g/mol. The van der Waals surface area contributed by atoms with Crippen LogP contribution in [-0.2, 0) is 10.0 Å². The summed E-state index contributed by atoms with van der Waals surface area (Å²) in [5.74, 6) is 0. The molecule has 0 spiro atoms. The van der Waals surface area contributed by atoms with Crippen molar-refractivity contribution in [2.45, 2.75) is 56.0 Å². The first-order valence-electron chi connectivity index (χ1n) is 7.89. The lowest BCUT2D eigenvalue weighted by molar-refractivity contribution is 0.245. The average molecular weight is 308 g/mol. The van der Waals surface area contributed by atoms with E-state index in [1.165, 1.54) is 12.8 Å². The Morgan fingerprint density at radius 3 is 2.52 bits per heavy atom. The predicted molar refractivity (Wildman–Crippen MR) is 83.7 cm³/mol. The van der Waals surface area contributed by atoms with Gasteiger partial charge in [0.15, 0.2) is 0 Å². The van der Waals surface area contributed by atoms with Gasteiger partial charge in [-0.25, -0.2) is 8.42 Å². The number of benzene rings is 1. The van der Waals surface area contributed by atoms with Crippen molar-refractivity contribution in [1.82, 2.24) is 9.62 Å². The molecule has 1 aliphatic heterocycles. The van der Waals surface area contributed by atoms with Crippen LogP contribution in [0.2, 0.25) is 0 Å². The largest absolute Gasteiger partial charge is 0.312 e. The summed E-state index contributed by atoms with van der Waals surface area (Å²) in [5, 5.41) is 3.48. The summed E-state index contributed by atoms with van der Waals surface area (Å²) in [4.78, 5) is 0.423. The van der Waals surface area contributed by atoms with E-state index in [2.05, 4.69) is 5.32 Å². The number of nitrogens with one attached hydrogen (secondary N) is 1. The second-order valence-corrected chi connectivity index (χ2v) is 8.15. The van der Waals surface area contributed by atoms with Crippen LogP contribution in [0.25, 0.3) is 0 Å². The van der Waals surface area contributed by atoms with Crippen molar-refractivity contribution in [2.24, 2.45) is 0 Å². The van der Waals surface area contributed by atoms with Crippen molar-refractivity contribution in [3.8, 4) is 0 Å². The van der Waals surface area contributed by atoms with Gasteiger partial charge in [-0.15, -0.1) is 0 Å². The van der Waals surface area contributed by atoms with E-state index in [4.69, 9.17) is 0 Å². The van der Waals surface area contributed by atoms with Crippen molar-refractivity contribution in [3.63, 3.8) is 0 Å². The van der Waals surface area contributed by atoms with Gasteiger partial charge < -0.3 is 5.32 Å². The highest BCUT2D eigenvalue weighted by Crippen LogP contribution is 2.26. The third-order valence-corrected chi connectivity index (χ3v) is 6.39. The molecule has 0 radical (unpaired) electrons. The molecule has 1 N–H and O–H groups in total. The maximum Gasteiger partial charge on any atom is 0.243 e. The number of piperidine rings is 1. The van der Waals surface area contributed by atoms with Crippen LogP contribution in [0.4, 0.5) is 0 Å². The van der Waals surface area contributed by atoms with Crippen molar-refractivity contribution in [2.75, 3.05) is 13.1 Å². The number of nitrogens with zero attached hydrogens (tertiary/aromatic N) is 1. The Morgan fingerprint density at radius 2 is 1.86 bits per heavy atom. The quantitative estimate of drug-likeness (QED) is 0.908. The van der Waals surface area contributed by atoms with Crippen LogP contribution in [0.5, 0.6) is 0 Å². The van der Waals surface area contributed by atoms with E-state index in [1.54, 1.807) is 16.4 Å². The number of hydrogen-bond acceptors (Lipinski definition) is 3. The van der Waals surface area contributed by atoms with Crippen LogP contribution in [0.15, 0.2) is 29.2 Å². The molecule has 2 aliphatic rings. The molecule has 4 nitrogen and oxygen atoms in total. The third-order valence-electron chi connectivity index (χ3n) is 4.42. The van der Waals surface area contributed by atoms with E-state index in [-0.39, 0.29) is 6.04 Å². The van der Waals surface area contributed by atoms with Crippen LogP contribution >= 0.6 is 0 Å². The van der Waals surface area contributed by atoms with Crippen molar-refractivity contribution < 1.29 is 8.42 Å². The van der Waals surface area contributed by atoms with Crippen molar-refractivity contribution in [1.29, 1.82) is 0 Å². The third kappa shape index (κ3) is 3.47. The smallest absolute Gasteiger partial charge is 0.243 e. The first kappa shape index (κ1) is 15.0. The summed E-state index contributed by atoms with van der Waals surface area (Å²) in [6.07, 6.45) is 5.52. The SMILES string of the molecule is Cc1ccc(S(=O)(=O)N2CCCCC2CNC2CC2)cc1. The number of hydrogen-bond donors (Lipinski definition) is 1. The fourth-order valence-corrected chi connectivity index (χ4v) is 4.62. The van der Waals surface area contributed by atoms with E-state index < -0.39 is 10.0 Å². The lowest BCUT2D eigenvalue weighted by Crippen LogP contribution is -2.48. The molecule has 1 heterocycles. The lowest BCUT2D eigenvalue weighted by Gasteiger charge is -2.35. The van der Waals surface area contributed by atoms with Crippen molar-refractivity contribution in [3.05, 3.63) is 29.8 Å². The second kappa shape index (κ2) is 6.07. The van der Waals surface area contributed by atoms with E-state index >= 15 is 0 Å². The van der Waals surface area contributed by atoms with E-state index in [1.807, 2.05) is 19.1 Å². The molecule has 1 saturated heterocycles. The minimum Gasteiger partial charge on any atom is -0.312 e. The molecule has 0 bridgehead atoms. The topological polar surface area (TPSA) is 49.4 Å². The van der Waals surface area contributed by atoms with Gasteiger partial charge in [0.05, 0.1) is 4.90 Å². The normalized spacial score (nSPS) is 24.1. The zero-order valence-corrected chi connectivity index (χ0v) is 13.4. The molecule has 2 fully saturated rings. The monoisotopic (exact) mass is 308 g/mol. The van der Waals surface area contributed by atoms with Crippen LogP contribution in [0, 0.1) is 6.92 Å². The number of sulfonamides is 1. The Bertz CT molecular complexity index is 579. The molecule has 21 heavy (non-hydrogen) atoms. The first-order chi connectivity index (χ1) is 10.1. The van der Waals surface area contributed by atoms with Crippen LogP contribution in [0.1, 0.15) is 37.7 Å². The van der Waals surface area contributed by atoms with Gasteiger partial charge >= 0.3 is 0 Å². The molecule has 1 aliphatic carbocycles. The molecule has 1 aromatic rings. The summed E-state index contributed by atoms with van der Waals surface area (Å²) >= 11 is 0. The van der Waals surface area contributed by atoms with Gasteiger partial charge in [-0.2, -0.15) is 4.31 Å². The van der Waals surface area contributed by atoms with Crippen LogP contribution in [-0.4, -0.2) is 37.9 Å². The van der Waals surface area contributed by atoms with Crippen LogP contribution in [0.3, 0.4) is 0 Å². The Balaban J connectivity index is 1.78. The highest BCUT2D eigenvalue weighted by atomic mass is 32.2. The van der Waals surface area contributed by atoms with E-state index in [0.717, 1.165) is 31.4 Å². The fourth-order valence-electron chi connectivity index (χ4n) is 2.93. The molecule has 1 unspecified atom stereocenters. The molecule has 1 aromatic carbocycles. The van der Waals surface area contributed by atoms with Crippen LogP contribution < -0.4 is 5.32 Å². The zero-order chi connectivity index (χ0) is 14.9. The minimum atomic E-state index is -3.36. The highest BCUT2D eigenvalue weighted by molar-refractivity contribution is 7.89. The molecule has 0 amide bonds. The Hall–Kier alpha value is -0.910. The van der Waals surface area contributed by atoms with Gasteiger partial charge in [-0.05, 0) is 44.7 Å². The summed E-state index contributed by atoms with van der Waals surface area (Å²) in [5.41, 5.74) is 1.08. The maximum absolute atomic E-state index is 12.9. The number of rotatable bonds is 5. The summed E-state index contributed by atoms with van der Waals surface area (Å²) in [7, 11) is -3.36. The summed E-state index contributed by atoms with van der Waals surface area (Å²) in [6.45, 7) is 3.41. The molecule has 5 heteroatoms. The van der Waals surface area contributed by atoms with Gasteiger partial charge in [0.1, 0.15) is 0 Å². The van der Waals surface area contributed by atoms with Gasteiger partial charge in [0.2, 0.25) is 10.0 Å². The van der Waals surface area contributed by atoms with Gasteiger partial charge in [0, 0.05) is 25.2 Å². The standard InChI is InChI=1S/C16H24N2O2S/c1-13-5-9-16(10-6-13)21(19,20)18-11-3-2-4-15(18)12-17-14-7-8-14/h5-6,9-10,14-15,17H,2-4,7-8,11-12H2,1H3. The van der Waals surface area contributed by atoms with Gasteiger partial charge in [-0.3, -0.25) is 0 Å². The molecule has 116 valence electrons. The Labute approximate surface area is 127 Å². The first-order valence-corrected chi connectivity index (χ1v) is 9.33. The maximum atomic E-state index is 12.9. The van der Waals surface area contributed by atoms with Gasteiger partial charge in [0.25, 0.3) is 0 Å². The van der Waals surface area contributed by atoms with E-state index in [0.29, 0.717) is 17.5 Å². The highest BCUT2D eigenvalue weighted by Gasteiger charge is 2.34. The van der Waals surface area contributed by atoms with Gasteiger partial charge in [-0.1, -0.05) is 24.1 Å². The minimum absolute atomic E-state index is 0.102. The second-order valence-electron chi connectivity index (χ2n) is 6.26. The molecular formula is C16H24N2O2S. The molecule has 3 rings (SSSR count). The molecule has 1 atom stereocenters.